The molecule has 0 amide bonds. The molecule has 0 unspecified atom stereocenters. The van der Waals surface area contributed by atoms with Crippen molar-refractivity contribution in [2.24, 2.45) is 0 Å². The summed E-state index contributed by atoms with van der Waals surface area (Å²) in [5.41, 5.74) is 5.60. The summed E-state index contributed by atoms with van der Waals surface area (Å²) in [6.07, 6.45) is 2.37. The average molecular weight is 253 g/mol. The molecule has 18 heavy (non-hydrogen) atoms. The zero-order chi connectivity index (χ0) is 13.4. The summed E-state index contributed by atoms with van der Waals surface area (Å²) >= 11 is 0. The number of ether oxygens (including phenoxy) is 1. The molecule has 0 aromatic carbocycles. The summed E-state index contributed by atoms with van der Waals surface area (Å²) in [7, 11) is 1.80. The fourth-order valence-corrected chi connectivity index (χ4v) is 1.45. The van der Waals surface area contributed by atoms with Crippen LogP contribution in [-0.2, 0) is 4.74 Å². The SMILES string of the molecule is CNc1cc(NCCCCOC(C)C)nc(N)n1. The summed E-state index contributed by atoms with van der Waals surface area (Å²) in [6.45, 7) is 5.73. The van der Waals surface area contributed by atoms with Gasteiger partial charge in [0.05, 0.1) is 6.10 Å². The van der Waals surface area contributed by atoms with Crippen molar-refractivity contribution in [3.63, 3.8) is 0 Å². The Kier molecular flexibility index (Phi) is 6.21. The molecule has 0 aliphatic heterocycles. The number of hydrogen-bond acceptors (Lipinski definition) is 6. The van der Waals surface area contributed by atoms with Crippen LogP contribution in [0.3, 0.4) is 0 Å². The molecule has 0 spiro atoms. The number of rotatable bonds is 8. The second-order valence-corrected chi connectivity index (χ2v) is 4.30. The van der Waals surface area contributed by atoms with E-state index in [0.717, 1.165) is 31.8 Å². The molecule has 102 valence electrons. The normalized spacial score (nSPS) is 10.7. The van der Waals surface area contributed by atoms with Crippen LogP contribution >= 0.6 is 0 Å². The van der Waals surface area contributed by atoms with Gasteiger partial charge in [-0.3, -0.25) is 0 Å². The molecule has 1 aromatic rings. The first-order valence-corrected chi connectivity index (χ1v) is 6.29. The maximum absolute atomic E-state index is 5.60. The molecule has 6 heteroatoms. The Balaban J connectivity index is 2.24. The van der Waals surface area contributed by atoms with Crippen LogP contribution in [0.1, 0.15) is 26.7 Å². The highest BCUT2D eigenvalue weighted by Gasteiger charge is 2.00. The van der Waals surface area contributed by atoms with Crippen LogP contribution in [0.25, 0.3) is 0 Å². The highest BCUT2D eigenvalue weighted by Crippen LogP contribution is 2.11. The lowest BCUT2D eigenvalue weighted by atomic mass is 10.3. The number of nitrogens with zero attached hydrogens (tertiary/aromatic N) is 2. The Bertz CT molecular complexity index is 356. The van der Waals surface area contributed by atoms with Gasteiger partial charge in [0.2, 0.25) is 5.95 Å². The smallest absolute Gasteiger partial charge is 0.223 e. The Morgan fingerprint density at radius 2 is 2.00 bits per heavy atom. The molecule has 1 heterocycles. The van der Waals surface area contributed by atoms with Gasteiger partial charge in [-0.05, 0) is 26.7 Å². The minimum absolute atomic E-state index is 0.271. The summed E-state index contributed by atoms with van der Waals surface area (Å²) in [6, 6.07) is 1.83. The number of nitrogens with one attached hydrogen (secondary N) is 2. The molecule has 0 radical (unpaired) electrons. The molecule has 1 aromatic heterocycles. The molecule has 0 saturated carbocycles. The van der Waals surface area contributed by atoms with E-state index in [4.69, 9.17) is 10.5 Å². The van der Waals surface area contributed by atoms with Crippen LogP contribution in [-0.4, -0.2) is 36.3 Å². The van der Waals surface area contributed by atoms with Crippen LogP contribution < -0.4 is 16.4 Å². The quantitative estimate of drug-likeness (QED) is 0.612. The maximum atomic E-state index is 5.60. The number of nitrogens with two attached hydrogens (primary N) is 1. The van der Waals surface area contributed by atoms with Crippen LogP contribution in [0, 0.1) is 0 Å². The van der Waals surface area contributed by atoms with Gasteiger partial charge < -0.3 is 21.1 Å². The highest BCUT2D eigenvalue weighted by molar-refractivity contribution is 5.50. The Morgan fingerprint density at radius 1 is 1.28 bits per heavy atom. The van der Waals surface area contributed by atoms with E-state index in [1.54, 1.807) is 7.05 Å². The first-order chi connectivity index (χ1) is 8.61. The van der Waals surface area contributed by atoms with Gasteiger partial charge in [0.1, 0.15) is 11.6 Å². The van der Waals surface area contributed by atoms with Crippen molar-refractivity contribution < 1.29 is 4.74 Å². The predicted octanol–water partition coefficient (Wildman–Crippen LogP) is 1.72. The first-order valence-electron chi connectivity index (χ1n) is 6.29. The third kappa shape index (κ3) is 5.67. The summed E-state index contributed by atoms with van der Waals surface area (Å²) in [5.74, 6) is 1.73. The van der Waals surface area contributed by atoms with Gasteiger partial charge in [-0.2, -0.15) is 9.97 Å². The van der Waals surface area contributed by atoms with Gasteiger partial charge in [-0.15, -0.1) is 0 Å². The van der Waals surface area contributed by atoms with Crippen LogP contribution in [0.15, 0.2) is 6.07 Å². The number of hydrogen-bond donors (Lipinski definition) is 3. The minimum atomic E-state index is 0.271. The van der Waals surface area contributed by atoms with E-state index < -0.39 is 0 Å². The second-order valence-electron chi connectivity index (χ2n) is 4.30. The highest BCUT2D eigenvalue weighted by atomic mass is 16.5. The molecule has 0 aliphatic rings. The van der Waals surface area contributed by atoms with E-state index >= 15 is 0 Å². The third-order valence-electron chi connectivity index (χ3n) is 2.33. The molecule has 0 fully saturated rings. The molecule has 6 nitrogen and oxygen atoms in total. The zero-order valence-corrected chi connectivity index (χ0v) is 11.4. The molecule has 0 aliphatic carbocycles. The van der Waals surface area contributed by atoms with Gasteiger partial charge in [-0.25, -0.2) is 0 Å². The first kappa shape index (κ1) is 14.5. The van der Waals surface area contributed by atoms with E-state index in [1.165, 1.54) is 0 Å². The van der Waals surface area contributed by atoms with Crippen molar-refractivity contribution in [3.05, 3.63) is 6.07 Å². The number of nitrogen functional groups attached to an aromatic ring is 1. The Morgan fingerprint density at radius 3 is 2.67 bits per heavy atom. The molecular formula is C12H23N5O. The number of unbranched alkanes of at least 4 members (excludes halogenated alkanes) is 1. The van der Waals surface area contributed by atoms with E-state index in [2.05, 4.69) is 20.6 Å². The third-order valence-corrected chi connectivity index (χ3v) is 2.33. The van der Waals surface area contributed by atoms with E-state index in [0.29, 0.717) is 11.9 Å². The molecule has 0 bridgehead atoms. The largest absolute Gasteiger partial charge is 0.379 e. The van der Waals surface area contributed by atoms with Crippen molar-refractivity contribution in [1.29, 1.82) is 0 Å². The molecule has 0 saturated heterocycles. The summed E-state index contributed by atoms with van der Waals surface area (Å²) in [5, 5.41) is 6.16. The predicted molar refractivity (Wildman–Crippen MR) is 74.8 cm³/mol. The maximum Gasteiger partial charge on any atom is 0.223 e. The van der Waals surface area contributed by atoms with Crippen molar-refractivity contribution in [2.45, 2.75) is 32.8 Å². The lowest BCUT2D eigenvalue weighted by Crippen LogP contribution is -2.09. The Hall–Kier alpha value is -1.56. The van der Waals surface area contributed by atoms with E-state index in [-0.39, 0.29) is 5.95 Å². The van der Waals surface area contributed by atoms with Gasteiger partial charge in [0, 0.05) is 26.3 Å². The fourth-order valence-electron chi connectivity index (χ4n) is 1.45. The molecule has 0 atom stereocenters. The zero-order valence-electron chi connectivity index (χ0n) is 11.4. The topological polar surface area (TPSA) is 85.1 Å². The van der Waals surface area contributed by atoms with Crippen molar-refractivity contribution in [3.8, 4) is 0 Å². The number of anilines is 3. The summed E-state index contributed by atoms with van der Waals surface area (Å²) < 4.78 is 5.47. The van der Waals surface area contributed by atoms with Crippen molar-refractivity contribution in [1.82, 2.24) is 9.97 Å². The van der Waals surface area contributed by atoms with Crippen LogP contribution in [0.2, 0.25) is 0 Å². The van der Waals surface area contributed by atoms with Crippen molar-refractivity contribution >= 4 is 17.6 Å². The molecule has 1 rings (SSSR count). The van der Waals surface area contributed by atoms with Crippen LogP contribution in [0.4, 0.5) is 17.6 Å². The van der Waals surface area contributed by atoms with E-state index in [1.807, 2.05) is 19.9 Å². The number of aromatic nitrogens is 2. The molecular weight excluding hydrogens is 230 g/mol. The Labute approximate surface area is 108 Å². The standard InChI is InChI=1S/C12H23N5O/c1-9(2)18-7-5-4-6-15-11-8-10(14-3)16-12(13)17-11/h8-9H,4-7H2,1-3H3,(H4,13,14,15,16,17). The summed E-state index contributed by atoms with van der Waals surface area (Å²) in [4.78, 5) is 8.14. The van der Waals surface area contributed by atoms with Crippen molar-refractivity contribution in [2.75, 3.05) is 36.6 Å². The fraction of sp³-hybridized carbons (Fsp3) is 0.667. The van der Waals surface area contributed by atoms with Gasteiger partial charge >= 0.3 is 0 Å². The monoisotopic (exact) mass is 253 g/mol. The second kappa shape index (κ2) is 7.71. The van der Waals surface area contributed by atoms with Gasteiger partial charge in [-0.1, -0.05) is 0 Å². The lowest BCUT2D eigenvalue weighted by Gasteiger charge is -2.09. The minimum Gasteiger partial charge on any atom is -0.379 e. The molecule has 4 N–H and O–H groups in total. The van der Waals surface area contributed by atoms with Gasteiger partial charge in [0.15, 0.2) is 0 Å². The average Bonchev–Trinajstić information content (AvgIpc) is 2.32. The van der Waals surface area contributed by atoms with Crippen LogP contribution in [0.5, 0.6) is 0 Å². The van der Waals surface area contributed by atoms with Gasteiger partial charge in [0.25, 0.3) is 0 Å². The lowest BCUT2D eigenvalue weighted by molar-refractivity contribution is 0.0765. The van der Waals surface area contributed by atoms with E-state index in [9.17, 15) is 0 Å².